The topological polar surface area (TPSA) is 237 Å². The van der Waals surface area contributed by atoms with Gasteiger partial charge in [0.25, 0.3) is 0 Å². The number of carbonyl (C=O) groups excluding carboxylic acids is 4. The average Bonchev–Trinajstić information content (AvgIpc) is 1.13. The molecule has 584 valence electrons. The van der Waals surface area contributed by atoms with Gasteiger partial charge in [-0.3, -0.25) is 37.3 Å². The molecule has 0 bridgehead atoms. The van der Waals surface area contributed by atoms with Crippen molar-refractivity contribution in [3.8, 4) is 0 Å². The average molecular weight is 1460 g/mol. The zero-order valence-corrected chi connectivity index (χ0v) is 65.7. The Balaban J connectivity index is 5.37. The summed E-state index contributed by atoms with van der Waals surface area (Å²) in [5, 5.41) is 10.6. The van der Waals surface area contributed by atoms with Gasteiger partial charge in [0.15, 0.2) is 12.2 Å². The first-order valence-electron chi connectivity index (χ1n) is 40.5. The van der Waals surface area contributed by atoms with Crippen molar-refractivity contribution in [2.24, 2.45) is 0 Å². The summed E-state index contributed by atoms with van der Waals surface area (Å²) in [5.41, 5.74) is 0. The third-order valence-electron chi connectivity index (χ3n) is 17.5. The normalized spacial score (nSPS) is 14.2. The highest BCUT2D eigenvalue weighted by molar-refractivity contribution is 7.47. The van der Waals surface area contributed by atoms with Gasteiger partial charge in [-0.1, -0.05) is 320 Å². The Morgan fingerprint density at radius 2 is 0.500 bits per heavy atom. The monoisotopic (exact) mass is 1460 g/mol. The SMILES string of the molecule is CCCCC/C=C\C/C=C\C/C=C\C/C=C\CCCC(=O)O[C@H](COC(=O)CCCCCCCCCCCCCCC)COP(=O)(O)OC[C@H](O)COP(=O)(O)OC[C@@H](COC(=O)CCCCCCCCCCCCCCCCC)OC(=O)CCCCCCC/C=C\CCCCCCCC. The molecular formula is C81H148O17P2. The molecule has 0 aliphatic rings. The van der Waals surface area contributed by atoms with Gasteiger partial charge in [-0.2, -0.15) is 0 Å². The maximum absolute atomic E-state index is 13.1. The van der Waals surface area contributed by atoms with Crippen molar-refractivity contribution in [1.82, 2.24) is 0 Å². The number of aliphatic hydroxyl groups is 1. The maximum atomic E-state index is 13.1. The molecule has 0 spiro atoms. The molecule has 0 aromatic carbocycles. The van der Waals surface area contributed by atoms with Gasteiger partial charge in [0.05, 0.1) is 26.4 Å². The molecule has 0 radical (unpaired) electrons. The molecule has 0 aliphatic carbocycles. The van der Waals surface area contributed by atoms with Gasteiger partial charge in [-0.25, -0.2) is 9.13 Å². The highest BCUT2D eigenvalue weighted by Crippen LogP contribution is 2.45. The van der Waals surface area contributed by atoms with E-state index in [4.69, 9.17) is 37.0 Å². The van der Waals surface area contributed by atoms with Gasteiger partial charge in [0, 0.05) is 25.7 Å². The number of hydrogen-bond donors (Lipinski definition) is 3. The van der Waals surface area contributed by atoms with Gasteiger partial charge < -0.3 is 33.8 Å². The molecule has 17 nitrogen and oxygen atoms in total. The van der Waals surface area contributed by atoms with E-state index in [0.717, 1.165) is 103 Å². The summed E-state index contributed by atoms with van der Waals surface area (Å²) in [4.78, 5) is 73.0. The van der Waals surface area contributed by atoms with Gasteiger partial charge in [-0.15, -0.1) is 0 Å². The lowest BCUT2D eigenvalue weighted by Gasteiger charge is -2.21. The summed E-state index contributed by atoms with van der Waals surface area (Å²) in [7, 11) is -9.96. The summed E-state index contributed by atoms with van der Waals surface area (Å²) < 4.78 is 68.6. The zero-order chi connectivity index (χ0) is 73.2. The van der Waals surface area contributed by atoms with Crippen molar-refractivity contribution < 1.29 is 80.2 Å². The number of phosphoric ester groups is 2. The molecule has 0 saturated heterocycles. The highest BCUT2D eigenvalue weighted by Gasteiger charge is 2.30. The second-order valence-corrected chi connectivity index (χ2v) is 30.3. The van der Waals surface area contributed by atoms with E-state index in [2.05, 4.69) is 76.3 Å². The lowest BCUT2D eigenvalue weighted by Crippen LogP contribution is -2.30. The molecule has 0 amide bonds. The molecule has 2 unspecified atom stereocenters. The van der Waals surface area contributed by atoms with Crippen LogP contribution < -0.4 is 0 Å². The van der Waals surface area contributed by atoms with Crippen molar-refractivity contribution in [3.63, 3.8) is 0 Å². The number of aliphatic hydroxyl groups excluding tert-OH is 1. The molecule has 0 aromatic rings. The number of rotatable bonds is 77. The fraction of sp³-hybridized carbons (Fsp3) is 0.827. The summed E-state index contributed by atoms with van der Waals surface area (Å²) in [6.45, 7) is 4.85. The van der Waals surface area contributed by atoms with E-state index in [1.165, 1.54) is 186 Å². The summed E-state index contributed by atoms with van der Waals surface area (Å²) in [6.07, 6.45) is 73.4. The lowest BCUT2D eigenvalue weighted by atomic mass is 10.0. The van der Waals surface area contributed by atoms with Gasteiger partial charge in [0.1, 0.15) is 19.3 Å². The van der Waals surface area contributed by atoms with Crippen molar-refractivity contribution >= 4 is 39.5 Å². The summed E-state index contributed by atoms with van der Waals surface area (Å²) >= 11 is 0. The van der Waals surface area contributed by atoms with Crippen LogP contribution in [0.25, 0.3) is 0 Å². The highest BCUT2D eigenvalue weighted by atomic mass is 31.2. The Kier molecular flexibility index (Phi) is 71.6. The minimum atomic E-state index is -4.98. The van der Waals surface area contributed by atoms with Crippen molar-refractivity contribution in [2.45, 2.75) is 393 Å². The van der Waals surface area contributed by atoms with Crippen LogP contribution in [0.3, 0.4) is 0 Å². The molecule has 0 aliphatic heterocycles. The van der Waals surface area contributed by atoms with Gasteiger partial charge in [0.2, 0.25) is 0 Å². The first-order valence-corrected chi connectivity index (χ1v) is 43.5. The van der Waals surface area contributed by atoms with E-state index in [1.54, 1.807) is 0 Å². The molecule has 0 fully saturated rings. The molecular weight excluding hydrogens is 1310 g/mol. The molecule has 3 N–H and O–H groups in total. The maximum Gasteiger partial charge on any atom is 0.472 e. The van der Waals surface area contributed by atoms with E-state index >= 15 is 0 Å². The first-order chi connectivity index (χ1) is 48.7. The fourth-order valence-electron chi connectivity index (χ4n) is 11.3. The largest absolute Gasteiger partial charge is 0.472 e. The minimum Gasteiger partial charge on any atom is -0.462 e. The van der Waals surface area contributed by atoms with E-state index in [0.29, 0.717) is 32.1 Å². The van der Waals surface area contributed by atoms with E-state index in [1.807, 2.05) is 12.2 Å². The van der Waals surface area contributed by atoms with Crippen molar-refractivity contribution in [3.05, 3.63) is 60.8 Å². The predicted octanol–water partition coefficient (Wildman–Crippen LogP) is 23.5. The van der Waals surface area contributed by atoms with Crippen LogP contribution in [0, 0.1) is 0 Å². The fourth-order valence-corrected chi connectivity index (χ4v) is 12.8. The molecule has 19 heteroatoms. The van der Waals surface area contributed by atoms with Crippen LogP contribution in [0.2, 0.25) is 0 Å². The molecule has 0 rings (SSSR count). The molecule has 0 aromatic heterocycles. The van der Waals surface area contributed by atoms with Gasteiger partial charge >= 0.3 is 39.5 Å². The predicted molar refractivity (Wildman–Crippen MR) is 409 cm³/mol. The number of unbranched alkanes of at least 4 members (excludes halogenated alkanes) is 41. The van der Waals surface area contributed by atoms with Crippen LogP contribution in [0.5, 0.6) is 0 Å². The zero-order valence-electron chi connectivity index (χ0n) is 63.9. The van der Waals surface area contributed by atoms with Crippen LogP contribution in [0.15, 0.2) is 60.8 Å². The van der Waals surface area contributed by atoms with E-state index < -0.39 is 97.5 Å². The van der Waals surface area contributed by atoms with Crippen molar-refractivity contribution in [1.29, 1.82) is 0 Å². The van der Waals surface area contributed by atoms with Crippen LogP contribution >= 0.6 is 15.6 Å². The van der Waals surface area contributed by atoms with Gasteiger partial charge in [-0.05, 0) is 89.9 Å². The Bertz CT molecular complexity index is 2130. The Morgan fingerprint density at radius 1 is 0.280 bits per heavy atom. The van der Waals surface area contributed by atoms with Crippen LogP contribution in [-0.4, -0.2) is 96.7 Å². The molecule has 100 heavy (non-hydrogen) atoms. The second kappa shape index (κ2) is 74.0. The second-order valence-electron chi connectivity index (χ2n) is 27.4. The Labute approximate surface area is 610 Å². The number of phosphoric acid groups is 2. The molecule has 0 saturated carbocycles. The number of carbonyl (C=O) groups is 4. The van der Waals surface area contributed by atoms with Crippen LogP contribution in [0.1, 0.15) is 374 Å². The molecule has 5 atom stereocenters. The Hall–Kier alpha value is -3.24. The number of esters is 4. The summed E-state index contributed by atoms with van der Waals surface area (Å²) in [6, 6.07) is 0. The van der Waals surface area contributed by atoms with Crippen LogP contribution in [0.4, 0.5) is 0 Å². The Morgan fingerprint density at radius 3 is 0.820 bits per heavy atom. The smallest absolute Gasteiger partial charge is 0.462 e. The quantitative estimate of drug-likeness (QED) is 0.0169. The number of ether oxygens (including phenoxy) is 4. The van der Waals surface area contributed by atoms with Crippen LogP contribution in [-0.2, 0) is 65.4 Å². The number of hydrogen-bond acceptors (Lipinski definition) is 15. The van der Waals surface area contributed by atoms with E-state index in [9.17, 15) is 43.2 Å². The first kappa shape index (κ1) is 96.8. The lowest BCUT2D eigenvalue weighted by molar-refractivity contribution is -0.161. The standard InChI is InChI=1S/C81H148O17P2/c1-5-9-13-17-21-25-29-33-36-37-40-44-48-52-56-60-64-68-81(86)98-76(71-91-78(83)65-61-57-53-49-45-41-32-28-24-20-16-12-8-4)73-95-99(87,88)93-69-75(82)70-94-100(89,90)96-74-77(97-80(85)67-63-59-55-51-47-43-39-35-31-27-23-19-15-11-7-3)72-92-79(84)66-62-58-54-50-46-42-38-34-30-26-22-18-14-10-6-2/h21,25,33,35-36,39-40,44,52,56,75-77,82H,5-20,22-24,26-32,34,37-38,41-43,45-51,53-55,57-74H2,1-4H3,(H,87,88)(H,89,90)/b25-21-,36-33-,39-35-,44-40-,56-52-/t75-,76+,77+/m0/s1. The third kappa shape index (κ3) is 73.1. The minimum absolute atomic E-state index is 0.0242. The summed E-state index contributed by atoms with van der Waals surface area (Å²) in [5.74, 6) is -2.21. The van der Waals surface area contributed by atoms with E-state index in [-0.39, 0.29) is 25.7 Å². The van der Waals surface area contributed by atoms with Crippen molar-refractivity contribution in [2.75, 3.05) is 39.6 Å². The number of allylic oxidation sites excluding steroid dienone is 10. The third-order valence-corrected chi connectivity index (χ3v) is 19.4. The molecule has 0 heterocycles.